The molecule has 0 atom stereocenters. The van der Waals surface area contributed by atoms with E-state index in [2.05, 4.69) is 9.97 Å². The number of rotatable bonds is 3. The van der Waals surface area contributed by atoms with Crippen LogP contribution in [0.4, 0.5) is 0 Å². The zero-order valence-corrected chi connectivity index (χ0v) is 11.6. The maximum absolute atomic E-state index is 12.0. The van der Waals surface area contributed by atoms with Gasteiger partial charge >= 0.3 is 5.69 Å². The van der Waals surface area contributed by atoms with Gasteiger partial charge in [-0.1, -0.05) is 30.3 Å². The minimum atomic E-state index is -0.662. The average Bonchev–Trinajstić information content (AvgIpc) is 2.97. The predicted molar refractivity (Wildman–Crippen MR) is 79.6 cm³/mol. The molecule has 0 aliphatic heterocycles. The first kappa shape index (κ1) is 13.3. The van der Waals surface area contributed by atoms with Crippen LogP contribution in [-0.4, -0.2) is 19.6 Å². The fourth-order valence-electron chi connectivity index (χ4n) is 2.05. The van der Waals surface area contributed by atoms with Crippen LogP contribution in [0.5, 0.6) is 5.88 Å². The van der Waals surface area contributed by atoms with Gasteiger partial charge in [0.15, 0.2) is 0 Å². The van der Waals surface area contributed by atoms with Crippen molar-refractivity contribution in [3.63, 3.8) is 0 Å². The van der Waals surface area contributed by atoms with E-state index in [4.69, 9.17) is 0 Å². The molecule has 0 amide bonds. The average molecular weight is 301 g/mol. The molecule has 0 saturated heterocycles. The van der Waals surface area contributed by atoms with E-state index < -0.39 is 11.2 Å². The first-order chi connectivity index (χ1) is 10.2. The van der Waals surface area contributed by atoms with Crippen LogP contribution in [0.2, 0.25) is 0 Å². The fraction of sp³-hybridized carbons (Fsp3) is 0.0714. The Balaban J connectivity index is 2.18. The van der Waals surface area contributed by atoms with Crippen LogP contribution >= 0.6 is 11.3 Å². The van der Waals surface area contributed by atoms with Gasteiger partial charge in [0, 0.05) is 5.38 Å². The summed E-state index contributed by atoms with van der Waals surface area (Å²) in [5, 5.41) is 12.1. The van der Waals surface area contributed by atoms with Crippen molar-refractivity contribution >= 4 is 11.3 Å². The molecular weight excluding hydrogens is 290 g/mol. The molecule has 0 radical (unpaired) electrons. The van der Waals surface area contributed by atoms with E-state index in [-0.39, 0.29) is 18.0 Å². The molecule has 3 aromatic rings. The van der Waals surface area contributed by atoms with Crippen molar-refractivity contribution in [2.45, 2.75) is 6.54 Å². The topological polar surface area (TPSA) is 88.0 Å². The number of H-pyrrole nitrogens is 1. The number of thiazole rings is 1. The van der Waals surface area contributed by atoms with Gasteiger partial charge in [0.1, 0.15) is 5.56 Å². The number of aromatic amines is 1. The van der Waals surface area contributed by atoms with Crippen molar-refractivity contribution in [2.24, 2.45) is 0 Å². The minimum Gasteiger partial charge on any atom is -0.494 e. The Labute approximate surface area is 123 Å². The Morgan fingerprint density at radius 3 is 2.67 bits per heavy atom. The van der Waals surface area contributed by atoms with Gasteiger partial charge in [0.05, 0.1) is 17.7 Å². The monoisotopic (exact) mass is 301 g/mol. The third-order valence-corrected chi connectivity index (χ3v) is 3.67. The number of aromatic hydroxyl groups is 1. The molecule has 0 spiro atoms. The van der Waals surface area contributed by atoms with Gasteiger partial charge in [-0.3, -0.25) is 14.3 Å². The normalized spacial score (nSPS) is 10.7. The largest absolute Gasteiger partial charge is 0.494 e. The lowest BCUT2D eigenvalue weighted by atomic mass is 10.1. The van der Waals surface area contributed by atoms with Crippen LogP contribution in [0, 0.1) is 0 Å². The highest BCUT2D eigenvalue weighted by Crippen LogP contribution is 2.23. The Bertz CT molecular complexity index is 867. The van der Waals surface area contributed by atoms with Crippen molar-refractivity contribution in [1.29, 1.82) is 0 Å². The van der Waals surface area contributed by atoms with Gasteiger partial charge in [0.2, 0.25) is 5.88 Å². The molecule has 2 N–H and O–H groups in total. The van der Waals surface area contributed by atoms with Crippen molar-refractivity contribution < 1.29 is 5.11 Å². The molecule has 0 bridgehead atoms. The lowest BCUT2D eigenvalue weighted by Gasteiger charge is -2.10. The molecule has 0 unspecified atom stereocenters. The molecule has 0 aliphatic rings. The number of aromatic nitrogens is 3. The van der Waals surface area contributed by atoms with Crippen molar-refractivity contribution in [3.8, 4) is 17.0 Å². The van der Waals surface area contributed by atoms with E-state index in [1.54, 1.807) is 41.2 Å². The molecular formula is C14H11N3O3S. The molecule has 1 aromatic carbocycles. The molecule has 7 heteroatoms. The van der Waals surface area contributed by atoms with E-state index >= 15 is 0 Å². The van der Waals surface area contributed by atoms with Gasteiger partial charge in [-0.15, -0.1) is 11.3 Å². The molecule has 2 aromatic heterocycles. The van der Waals surface area contributed by atoms with Gasteiger partial charge in [-0.25, -0.2) is 9.78 Å². The lowest BCUT2D eigenvalue weighted by molar-refractivity contribution is 0.411. The third-order valence-electron chi connectivity index (χ3n) is 3.04. The first-order valence-electron chi connectivity index (χ1n) is 6.15. The Morgan fingerprint density at radius 2 is 2.00 bits per heavy atom. The summed E-state index contributed by atoms with van der Waals surface area (Å²) in [6.07, 6.45) is 0. The molecule has 2 heterocycles. The number of nitrogens with one attached hydrogen (secondary N) is 1. The molecule has 3 rings (SSSR count). The Hall–Kier alpha value is -2.67. The SMILES string of the molecule is O=c1[nH]c(=O)n(Cc2cscn2)c(O)c1-c1ccccc1. The highest BCUT2D eigenvalue weighted by atomic mass is 32.1. The van der Waals surface area contributed by atoms with Gasteiger partial charge in [-0.2, -0.15) is 0 Å². The van der Waals surface area contributed by atoms with Crippen LogP contribution in [-0.2, 0) is 6.54 Å². The second kappa shape index (κ2) is 5.37. The molecule has 6 nitrogen and oxygen atoms in total. The molecule has 21 heavy (non-hydrogen) atoms. The van der Waals surface area contributed by atoms with E-state index in [0.29, 0.717) is 11.3 Å². The van der Waals surface area contributed by atoms with Crippen molar-refractivity contribution in [1.82, 2.24) is 14.5 Å². The predicted octanol–water partition coefficient (Wildman–Crippen LogP) is 1.41. The molecule has 0 fully saturated rings. The lowest BCUT2D eigenvalue weighted by Crippen LogP contribution is -2.31. The maximum Gasteiger partial charge on any atom is 0.331 e. The number of hydrogen-bond acceptors (Lipinski definition) is 5. The van der Waals surface area contributed by atoms with Crippen LogP contribution < -0.4 is 11.2 Å². The minimum absolute atomic E-state index is 0.0745. The molecule has 0 aliphatic carbocycles. The third kappa shape index (κ3) is 2.50. The second-order valence-electron chi connectivity index (χ2n) is 4.39. The number of benzene rings is 1. The van der Waals surface area contributed by atoms with Crippen LogP contribution in [0.1, 0.15) is 5.69 Å². The number of hydrogen-bond donors (Lipinski definition) is 2. The summed E-state index contributed by atoms with van der Waals surface area (Å²) < 4.78 is 1.10. The smallest absolute Gasteiger partial charge is 0.331 e. The Morgan fingerprint density at radius 1 is 1.24 bits per heavy atom. The summed E-state index contributed by atoms with van der Waals surface area (Å²) in [6.45, 7) is 0.102. The second-order valence-corrected chi connectivity index (χ2v) is 5.11. The zero-order chi connectivity index (χ0) is 14.8. The summed E-state index contributed by atoms with van der Waals surface area (Å²) >= 11 is 1.39. The maximum atomic E-state index is 12.0. The summed E-state index contributed by atoms with van der Waals surface area (Å²) in [4.78, 5) is 30.2. The van der Waals surface area contributed by atoms with E-state index in [1.807, 2.05) is 0 Å². The van der Waals surface area contributed by atoms with Gasteiger partial charge < -0.3 is 5.11 Å². The number of nitrogens with zero attached hydrogens (tertiary/aromatic N) is 2. The van der Waals surface area contributed by atoms with Crippen LogP contribution in [0.3, 0.4) is 0 Å². The standard InChI is InChI=1S/C14H11N3O3S/c18-12-11(9-4-2-1-3-5-9)13(19)17(14(20)16-12)6-10-7-21-8-15-10/h1-5,7-8,19H,6H2,(H,16,18,20). The van der Waals surface area contributed by atoms with Crippen LogP contribution in [0.25, 0.3) is 11.1 Å². The van der Waals surface area contributed by atoms with Crippen molar-refractivity contribution in [2.75, 3.05) is 0 Å². The van der Waals surface area contributed by atoms with Crippen molar-refractivity contribution in [3.05, 3.63) is 67.8 Å². The first-order valence-corrected chi connectivity index (χ1v) is 7.09. The summed E-state index contributed by atoms with van der Waals surface area (Å²) in [5.41, 5.74) is 1.63. The van der Waals surface area contributed by atoms with Gasteiger partial charge in [0.25, 0.3) is 5.56 Å². The van der Waals surface area contributed by atoms with E-state index in [1.165, 1.54) is 11.3 Å². The quantitative estimate of drug-likeness (QED) is 0.765. The Kier molecular flexibility index (Phi) is 3.41. The zero-order valence-electron chi connectivity index (χ0n) is 10.8. The van der Waals surface area contributed by atoms with E-state index in [9.17, 15) is 14.7 Å². The van der Waals surface area contributed by atoms with Gasteiger partial charge in [-0.05, 0) is 5.56 Å². The summed E-state index contributed by atoms with van der Waals surface area (Å²) in [5.74, 6) is -0.358. The van der Waals surface area contributed by atoms with Crippen LogP contribution in [0.15, 0.2) is 50.8 Å². The highest BCUT2D eigenvalue weighted by molar-refractivity contribution is 7.07. The molecule has 0 saturated carbocycles. The highest BCUT2D eigenvalue weighted by Gasteiger charge is 2.16. The van der Waals surface area contributed by atoms with E-state index in [0.717, 1.165) is 4.57 Å². The molecule has 106 valence electrons. The fourth-order valence-corrected chi connectivity index (χ4v) is 2.60. The summed E-state index contributed by atoms with van der Waals surface area (Å²) in [6, 6.07) is 8.71. The summed E-state index contributed by atoms with van der Waals surface area (Å²) in [7, 11) is 0.